The van der Waals surface area contributed by atoms with Gasteiger partial charge in [-0.15, -0.1) is 5.10 Å². The second-order valence-corrected chi connectivity index (χ2v) is 7.19. The van der Waals surface area contributed by atoms with Crippen LogP contribution >= 0.6 is 0 Å². The Morgan fingerprint density at radius 1 is 1.19 bits per heavy atom. The molecule has 0 spiro atoms. The van der Waals surface area contributed by atoms with Gasteiger partial charge in [-0.05, 0) is 69.0 Å². The number of benzene rings is 1. The second-order valence-electron chi connectivity index (χ2n) is 7.19. The van der Waals surface area contributed by atoms with Gasteiger partial charge in [0.05, 0.1) is 12.8 Å². The summed E-state index contributed by atoms with van der Waals surface area (Å²) in [6.45, 7) is 7.79. The van der Waals surface area contributed by atoms with Gasteiger partial charge in [0.1, 0.15) is 17.4 Å². The Hall–Kier alpha value is -2.65. The lowest BCUT2D eigenvalue weighted by Crippen LogP contribution is -2.35. The number of hydrogen-bond acceptors (Lipinski definition) is 6. The molecule has 0 atom stereocenters. The van der Waals surface area contributed by atoms with Crippen LogP contribution in [0.25, 0.3) is 0 Å². The second kappa shape index (κ2) is 8.83. The number of rotatable bonds is 6. The van der Waals surface area contributed by atoms with Crippen molar-refractivity contribution in [3.8, 4) is 11.8 Å². The predicted molar refractivity (Wildman–Crippen MR) is 106 cm³/mol. The summed E-state index contributed by atoms with van der Waals surface area (Å²) in [5.41, 5.74) is 3.64. The molecule has 1 aromatic carbocycles. The normalized spacial score (nSPS) is 15.3. The molecule has 6 nitrogen and oxygen atoms in total. The molecule has 0 amide bonds. The van der Waals surface area contributed by atoms with Crippen LogP contribution in [-0.2, 0) is 6.54 Å². The van der Waals surface area contributed by atoms with Gasteiger partial charge in [-0.3, -0.25) is 4.90 Å². The molecular formula is C21H27N5O. The van der Waals surface area contributed by atoms with Crippen molar-refractivity contribution in [2.75, 3.05) is 32.1 Å². The quantitative estimate of drug-likeness (QED) is 0.847. The minimum atomic E-state index is 0.590. The fourth-order valence-corrected chi connectivity index (χ4v) is 3.45. The third kappa shape index (κ3) is 4.75. The highest BCUT2D eigenvalue weighted by atomic mass is 16.5. The third-order valence-electron chi connectivity index (χ3n) is 5.40. The maximum Gasteiger partial charge on any atom is 0.166 e. The maximum atomic E-state index is 9.40. The van der Waals surface area contributed by atoms with Crippen molar-refractivity contribution in [2.45, 2.75) is 33.2 Å². The van der Waals surface area contributed by atoms with E-state index in [0.717, 1.165) is 56.0 Å². The van der Waals surface area contributed by atoms with Gasteiger partial charge < -0.3 is 10.1 Å². The first-order valence-electron chi connectivity index (χ1n) is 9.44. The van der Waals surface area contributed by atoms with E-state index >= 15 is 0 Å². The van der Waals surface area contributed by atoms with Crippen LogP contribution in [-0.4, -0.2) is 41.8 Å². The number of ether oxygens (including phenoxy) is 1. The number of likely N-dealkylation sites (tertiary alicyclic amines) is 1. The Labute approximate surface area is 161 Å². The molecule has 1 saturated heterocycles. The van der Waals surface area contributed by atoms with Gasteiger partial charge in [0.25, 0.3) is 0 Å². The summed E-state index contributed by atoms with van der Waals surface area (Å²) in [4.78, 5) is 2.49. The first-order chi connectivity index (χ1) is 13.1. The van der Waals surface area contributed by atoms with Gasteiger partial charge in [0, 0.05) is 13.1 Å². The van der Waals surface area contributed by atoms with Crippen LogP contribution in [0.5, 0.6) is 5.75 Å². The van der Waals surface area contributed by atoms with Crippen molar-refractivity contribution in [1.82, 2.24) is 15.1 Å². The predicted octanol–water partition coefficient (Wildman–Crippen LogP) is 3.30. The van der Waals surface area contributed by atoms with E-state index in [1.165, 1.54) is 5.56 Å². The molecule has 0 radical (unpaired) electrons. The van der Waals surface area contributed by atoms with E-state index in [1.807, 2.05) is 26.0 Å². The number of aryl methyl sites for hydroxylation is 1. The first-order valence-corrected chi connectivity index (χ1v) is 9.44. The van der Waals surface area contributed by atoms with E-state index < -0.39 is 0 Å². The highest BCUT2D eigenvalue weighted by Crippen LogP contribution is 2.22. The van der Waals surface area contributed by atoms with Gasteiger partial charge in [0.15, 0.2) is 5.82 Å². The van der Waals surface area contributed by atoms with Crippen LogP contribution in [0, 0.1) is 31.1 Å². The summed E-state index contributed by atoms with van der Waals surface area (Å²) in [6, 6.07) is 10.6. The van der Waals surface area contributed by atoms with Crippen molar-refractivity contribution in [3.63, 3.8) is 0 Å². The van der Waals surface area contributed by atoms with Gasteiger partial charge in [0.2, 0.25) is 0 Å². The van der Waals surface area contributed by atoms with Crippen LogP contribution < -0.4 is 10.1 Å². The molecular weight excluding hydrogens is 338 g/mol. The van der Waals surface area contributed by atoms with Crippen LogP contribution in [0.2, 0.25) is 0 Å². The van der Waals surface area contributed by atoms with Crippen molar-refractivity contribution >= 4 is 5.82 Å². The number of nitriles is 1. The summed E-state index contributed by atoms with van der Waals surface area (Å²) in [5.74, 6) is 2.10. The molecule has 2 heterocycles. The summed E-state index contributed by atoms with van der Waals surface area (Å²) < 4.78 is 5.22. The lowest BCUT2D eigenvalue weighted by molar-refractivity contribution is 0.182. The van der Waals surface area contributed by atoms with E-state index in [1.54, 1.807) is 7.11 Å². The lowest BCUT2D eigenvalue weighted by Gasteiger charge is -2.32. The molecule has 1 N–H and O–H groups in total. The van der Waals surface area contributed by atoms with E-state index in [-0.39, 0.29) is 0 Å². The molecule has 27 heavy (non-hydrogen) atoms. The zero-order chi connectivity index (χ0) is 19.2. The summed E-state index contributed by atoms with van der Waals surface area (Å²) >= 11 is 0. The highest BCUT2D eigenvalue weighted by Gasteiger charge is 2.20. The standard InChI is InChI=1S/C21H27N5O/c1-15-16(2)24-25-21(20(15)12-22)23-13-17-8-10-26(11-9-17)14-18-4-6-19(27-3)7-5-18/h4-7,17H,8-11,13-14H2,1-3H3,(H,23,25). The average molecular weight is 365 g/mol. The number of anilines is 1. The molecule has 0 aliphatic carbocycles. The Balaban J connectivity index is 1.48. The number of piperidine rings is 1. The Morgan fingerprint density at radius 3 is 2.52 bits per heavy atom. The molecule has 1 fully saturated rings. The van der Waals surface area contributed by atoms with Crippen LogP contribution in [0.1, 0.15) is 35.2 Å². The Kier molecular flexibility index (Phi) is 6.25. The van der Waals surface area contributed by atoms with E-state index in [2.05, 4.69) is 38.6 Å². The van der Waals surface area contributed by atoms with Gasteiger partial charge in [-0.25, -0.2) is 0 Å². The van der Waals surface area contributed by atoms with Crippen molar-refractivity contribution in [3.05, 3.63) is 46.6 Å². The molecule has 3 rings (SSSR count). The molecule has 1 aliphatic rings. The minimum Gasteiger partial charge on any atom is -0.497 e. The smallest absolute Gasteiger partial charge is 0.166 e. The largest absolute Gasteiger partial charge is 0.497 e. The van der Waals surface area contributed by atoms with Crippen molar-refractivity contribution in [2.24, 2.45) is 5.92 Å². The first kappa shape index (κ1) is 19.1. The SMILES string of the molecule is COc1ccc(CN2CCC(CNc3nnc(C)c(C)c3C#N)CC2)cc1. The van der Waals surface area contributed by atoms with Crippen LogP contribution in [0.15, 0.2) is 24.3 Å². The highest BCUT2D eigenvalue weighted by molar-refractivity contribution is 5.55. The van der Waals surface area contributed by atoms with E-state index in [9.17, 15) is 5.26 Å². The zero-order valence-corrected chi connectivity index (χ0v) is 16.3. The topological polar surface area (TPSA) is 74.1 Å². The monoisotopic (exact) mass is 365 g/mol. The van der Waals surface area contributed by atoms with Gasteiger partial charge in [-0.1, -0.05) is 12.1 Å². The molecule has 0 unspecified atom stereocenters. The number of hydrogen-bond donors (Lipinski definition) is 1. The van der Waals surface area contributed by atoms with Gasteiger partial charge in [-0.2, -0.15) is 10.4 Å². The van der Waals surface area contributed by atoms with Crippen molar-refractivity contribution in [1.29, 1.82) is 5.26 Å². The lowest BCUT2D eigenvalue weighted by atomic mass is 9.96. The van der Waals surface area contributed by atoms with E-state index in [4.69, 9.17) is 4.74 Å². The minimum absolute atomic E-state index is 0.590. The third-order valence-corrected chi connectivity index (χ3v) is 5.40. The van der Waals surface area contributed by atoms with E-state index in [0.29, 0.717) is 17.3 Å². The average Bonchev–Trinajstić information content (AvgIpc) is 2.70. The Morgan fingerprint density at radius 2 is 1.89 bits per heavy atom. The molecule has 2 aromatic rings. The maximum absolute atomic E-state index is 9.40. The summed E-state index contributed by atoms with van der Waals surface area (Å²) in [7, 11) is 1.69. The number of nitrogens with zero attached hydrogens (tertiary/aromatic N) is 4. The number of nitrogens with one attached hydrogen (secondary N) is 1. The van der Waals surface area contributed by atoms with Crippen LogP contribution in [0.4, 0.5) is 5.82 Å². The zero-order valence-electron chi connectivity index (χ0n) is 16.3. The molecule has 1 aromatic heterocycles. The molecule has 0 saturated carbocycles. The molecule has 142 valence electrons. The van der Waals surface area contributed by atoms with Crippen molar-refractivity contribution < 1.29 is 4.74 Å². The van der Waals surface area contributed by atoms with Gasteiger partial charge >= 0.3 is 0 Å². The Bertz CT molecular complexity index is 805. The fraction of sp³-hybridized carbons (Fsp3) is 0.476. The summed E-state index contributed by atoms with van der Waals surface area (Å²) in [6.07, 6.45) is 2.28. The molecule has 6 heteroatoms. The molecule has 1 aliphatic heterocycles. The fourth-order valence-electron chi connectivity index (χ4n) is 3.45. The number of aromatic nitrogens is 2. The van der Waals surface area contributed by atoms with Crippen LogP contribution in [0.3, 0.4) is 0 Å². The summed E-state index contributed by atoms with van der Waals surface area (Å²) in [5, 5.41) is 21.1. The molecule has 0 bridgehead atoms. The number of methoxy groups -OCH3 is 1.